The SMILES string of the molecule is Cc1ccc2c(c1)C(c1ccccc1)CNC(N)=N2.Cl. The molecule has 0 amide bonds. The van der Waals surface area contributed by atoms with Crippen LogP contribution in [0, 0.1) is 6.92 Å². The van der Waals surface area contributed by atoms with Crippen molar-refractivity contribution in [3.05, 3.63) is 65.2 Å². The largest absolute Gasteiger partial charge is 0.370 e. The van der Waals surface area contributed by atoms with Gasteiger partial charge < -0.3 is 11.1 Å². The van der Waals surface area contributed by atoms with Crippen LogP contribution in [0.25, 0.3) is 0 Å². The molecular formula is C16H18ClN3. The topological polar surface area (TPSA) is 50.4 Å². The average Bonchev–Trinajstić information content (AvgIpc) is 2.58. The normalized spacial score (nSPS) is 17.1. The van der Waals surface area contributed by atoms with Crippen LogP contribution in [0.1, 0.15) is 22.6 Å². The highest BCUT2D eigenvalue weighted by atomic mass is 35.5. The summed E-state index contributed by atoms with van der Waals surface area (Å²) in [5.41, 5.74) is 10.6. The molecule has 20 heavy (non-hydrogen) atoms. The maximum Gasteiger partial charge on any atom is 0.193 e. The minimum absolute atomic E-state index is 0. The first-order valence-corrected chi connectivity index (χ1v) is 6.47. The fourth-order valence-corrected chi connectivity index (χ4v) is 2.52. The Morgan fingerprint density at radius 1 is 1.15 bits per heavy atom. The molecule has 1 atom stereocenters. The summed E-state index contributed by atoms with van der Waals surface area (Å²) in [7, 11) is 0. The first kappa shape index (κ1) is 14.4. The second-order valence-electron chi connectivity index (χ2n) is 4.90. The van der Waals surface area contributed by atoms with Gasteiger partial charge in [0.1, 0.15) is 0 Å². The fraction of sp³-hybridized carbons (Fsp3) is 0.188. The summed E-state index contributed by atoms with van der Waals surface area (Å²) in [6, 6.07) is 16.8. The minimum Gasteiger partial charge on any atom is -0.370 e. The summed E-state index contributed by atoms with van der Waals surface area (Å²) in [6.45, 7) is 2.88. The molecule has 4 heteroatoms. The van der Waals surface area contributed by atoms with E-state index >= 15 is 0 Å². The van der Waals surface area contributed by atoms with Gasteiger partial charge in [-0.25, -0.2) is 4.99 Å². The highest BCUT2D eigenvalue weighted by molar-refractivity contribution is 5.85. The Bertz CT molecular complexity index is 623. The number of nitrogens with two attached hydrogens (primary N) is 1. The van der Waals surface area contributed by atoms with E-state index in [0.29, 0.717) is 5.96 Å². The van der Waals surface area contributed by atoms with E-state index in [1.807, 2.05) is 12.1 Å². The van der Waals surface area contributed by atoms with Crippen LogP contribution in [0.15, 0.2) is 53.5 Å². The van der Waals surface area contributed by atoms with Crippen molar-refractivity contribution in [3.63, 3.8) is 0 Å². The number of benzene rings is 2. The van der Waals surface area contributed by atoms with Gasteiger partial charge in [-0.2, -0.15) is 0 Å². The number of rotatable bonds is 1. The first-order valence-electron chi connectivity index (χ1n) is 6.47. The fourth-order valence-electron chi connectivity index (χ4n) is 2.52. The number of nitrogens with one attached hydrogen (secondary N) is 1. The molecule has 1 unspecified atom stereocenters. The Morgan fingerprint density at radius 3 is 2.65 bits per heavy atom. The van der Waals surface area contributed by atoms with E-state index in [-0.39, 0.29) is 18.3 Å². The lowest BCUT2D eigenvalue weighted by molar-refractivity contribution is 0.764. The zero-order valence-electron chi connectivity index (χ0n) is 11.3. The molecule has 1 aliphatic rings. The lowest BCUT2D eigenvalue weighted by atomic mass is 9.89. The van der Waals surface area contributed by atoms with Gasteiger partial charge in [-0.3, -0.25) is 0 Å². The molecular weight excluding hydrogens is 270 g/mol. The quantitative estimate of drug-likeness (QED) is 0.847. The van der Waals surface area contributed by atoms with Crippen molar-refractivity contribution in [2.45, 2.75) is 12.8 Å². The molecule has 0 spiro atoms. The average molecular weight is 288 g/mol. The first-order chi connectivity index (χ1) is 9.24. The molecule has 3 N–H and O–H groups in total. The monoisotopic (exact) mass is 287 g/mol. The van der Waals surface area contributed by atoms with Crippen molar-refractivity contribution in [2.24, 2.45) is 10.7 Å². The van der Waals surface area contributed by atoms with E-state index in [4.69, 9.17) is 5.73 Å². The number of hydrogen-bond acceptors (Lipinski definition) is 3. The van der Waals surface area contributed by atoms with Crippen LogP contribution in [-0.4, -0.2) is 12.5 Å². The van der Waals surface area contributed by atoms with Crippen molar-refractivity contribution in [1.82, 2.24) is 5.32 Å². The van der Waals surface area contributed by atoms with Crippen LogP contribution in [0.5, 0.6) is 0 Å². The zero-order chi connectivity index (χ0) is 13.2. The molecule has 0 saturated carbocycles. The summed E-state index contributed by atoms with van der Waals surface area (Å²) in [4.78, 5) is 4.44. The molecule has 1 aliphatic heterocycles. The minimum atomic E-state index is 0. The summed E-state index contributed by atoms with van der Waals surface area (Å²) in [5, 5.41) is 3.19. The Kier molecular flexibility index (Phi) is 4.30. The number of aliphatic imine (C=N–C) groups is 1. The summed E-state index contributed by atoms with van der Waals surface area (Å²) >= 11 is 0. The standard InChI is InChI=1S/C16H17N3.ClH/c1-11-7-8-15-13(9-11)14(10-18-16(17)19-15)12-5-3-2-4-6-12;/h2-9,14H,10H2,1H3,(H3,17,18,19);1H. The summed E-state index contributed by atoms with van der Waals surface area (Å²) in [6.07, 6.45) is 0. The third-order valence-corrected chi connectivity index (χ3v) is 3.49. The molecule has 3 rings (SSSR count). The third-order valence-electron chi connectivity index (χ3n) is 3.49. The number of hydrogen-bond donors (Lipinski definition) is 2. The molecule has 104 valence electrons. The second-order valence-corrected chi connectivity index (χ2v) is 4.90. The van der Waals surface area contributed by atoms with Gasteiger partial charge in [0.05, 0.1) is 5.69 Å². The molecule has 1 heterocycles. The smallest absolute Gasteiger partial charge is 0.193 e. The Labute approximate surface area is 125 Å². The van der Waals surface area contributed by atoms with Gasteiger partial charge in [0.25, 0.3) is 0 Å². The lowest BCUT2D eigenvalue weighted by Gasteiger charge is -2.18. The van der Waals surface area contributed by atoms with Gasteiger partial charge in [0, 0.05) is 12.5 Å². The second kappa shape index (κ2) is 5.97. The van der Waals surface area contributed by atoms with Gasteiger partial charge in [-0.15, -0.1) is 12.4 Å². The highest BCUT2D eigenvalue weighted by Gasteiger charge is 2.20. The van der Waals surface area contributed by atoms with Crippen molar-refractivity contribution < 1.29 is 0 Å². The molecule has 2 aromatic rings. The van der Waals surface area contributed by atoms with Crippen LogP contribution < -0.4 is 11.1 Å². The van der Waals surface area contributed by atoms with Crippen molar-refractivity contribution in [2.75, 3.05) is 6.54 Å². The number of aryl methyl sites for hydroxylation is 1. The number of halogens is 1. The summed E-state index contributed by atoms with van der Waals surface area (Å²) in [5.74, 6) is 0.768. The Balaban J connectivity index is 0.00000147. The van der Waals surface area contributed by atoms with Crippen LogP contribution in [0.2, 0.25) is 0 Å². The molecule has 0 bridgehead atoms. The van der Waals surface area contributed by atoms with Crippen molar-refractivity contribution in [3.8, 4) is 0 Å². The lowest BCUT2D eigenvalue weighted by Crippen LogP contribution is -2.33. The predicted molar refractivity (Wildman–Crippen MR) is 86.0 cm³/mol. The van der Waals surface area contributed by atoms with E-state index in [1.165, 1.54) is 16.7 Å². The number of fused-ring (bicyclic) bond motifs is 1. The third kappa shape index (κ3) is 2.78. The van der Waals surface area contributed by atoms with Crippen molar-refractivity contribution >= 4 is 24.1 Å². The van der Waals surface area contributed by atoms with E-state index in [9.17, 15) is 0 Å². The molecule has 0 aromatic heterocycles. The number of nitrogens with zero attached hydrogens (tertiary/aromatic N) is 1. The molecule has 0 aliphatic carbocycles. The number of guanidine groups is 1. The molecule has 0 radical (unpaired) electrons. The molecule has 3 nitrogen and oxygen atoms in total. The van der Waals surface area contributed by atoms with Crippen LogP contribution >= 0.6 is 12.4 Å². The molecule has 0 fully saturated rings. The van der Waals surface area contributed by atoms with E-state index in [1.54, 1.807) is 0 Å². The van der Waals surface area contributed by atoms with Gasteiger partial charge >= 0.3 is 0 Å². The maximum atomic E-state index is 5.87. The maximum absolute atomic E-state index is 5.87. The molecule has 2 aromatic carbocycles. The Hall–Kier alpha value is -2.00. The van der Waals surface area contributed by atoms with Crippen molar-refractivity contribution in [1.29, 1.82) is 0 Å². The van der Waals surface area contributed by atoms with E-state index < -0.39 is 0 Å². The van der Waals surface area contributed by atoms with Crippen LogP contribution in [0.4, 0.5) is 5.69 Å². The molecule has 0 saturated heterocycles. The van der Waals surface area contributed by atoms with Gasteiger partial charge in [-0.1, -0.05) is 48.0 Å². The van der Waals surface area contributed by atoms with Gasteiger partial charge in [-0.05, 0) is 24.1 Å². The van der Waals surface area contributed by atoms with Crippen LogP contribution in [0.3, 0.4) is 0 Å². The van der Waals surface area contributed by atoms with E-state index in [0.717, 1.165) is 12.2 Å². The van der Waals surface area contributed by atoms with Gasteiger partial charge in [0.15, 0.2) is 5.96 Å². The van der Waals surface area contributed by atoms with Crippen LogP contribution in [-0.2, 0) is 0 Å². The highest BCUT2D eigenvalue weighted by Crippen LogP contribution is 2.33. The summed E-state index contributed by atoms with van der Waals surface area (Å²) < 4.78 is 0. The van der Waals surface area contributed by atoms with Gasteiger partial charge in [0.2, 0.25) is 0 Å². The predicted octanol–water partition coefficient (Wildman–Crippen LogP) is 3.10. The Morgan fingerprint density at radius 2 is 1.90 bits per heavy atom. The zero-order valence-corrected chi connectivity index (χ0v) is 12.2. The van der Waals surface area contributed by atoms with E-state index in [2.05, 4.69) is 53.6 Å².